The first-order valence-electron chi connectivity index (χ1n) is 5.62. The quantitative estimate of drug-likeness (QED) is 0.638. The van der Waals surface area contributed by atoms with E-state index in [2.05, 4.69) is 15.0 Å². The molecule has 0 unspecified atom stereocenters. The maximum absolute atomic E-state index is 9.05. The number of nitrogens with zero attached hydrogens (tertiary/aromatic N) is 5. The lowest BCUT2D eigenvalue weighted by molar-refractivity contribution is 0.202. The number of nitrogen functional groups attached to an aromatic ring is 1. The van der Waals surface area contributed by atoms with E-state index in [1.165, 1.54) is 0 Å². The average molecular weight is 256 g/mol. The van der Waals surface area contributed by atoms with Crippen molar-refractivity contribution < 1.29 is 9.84 Å². The summed E-state index contributed by atoms with van der Waals surface area (Å²) in [6.45, 7) is 1.52. The first kappa shape index (κ1) is 14.4. The molecule has 0 saturated carbocycles. The summed E-state index contributed by atoms with van der Waals surface area (Å²) in [5, 5.41) is 9.05. The molecule has 0 aliphatic heterocycles. The van der Waals surface area contributed by atoms with E-state index in [9.17, 15) is 0 Å². The number of aliphatic hydroxyl groups excluding tert-OH is 1. The van der Waals surface area contributed by atoms with Gasteiger partial charge in [-0.1, -0.05) is 0 Å². The molecule has 1 heterocycles. The van der Waals surface area contributed by atoms with Crippen LogP contribution < -0.4 is 15.5 Å². The third-order valence-corrected chi connectivity index (χ3v) is 2.25. The second-order valence-corrected chi connectivity index (χ2v) is 3.89. The summed E-state index contributed by atoms with van der Waals surface area (Å²) in [6, 6.07) is 0. The molecule has 0 aliphatic rings. The molecule has 0 aliphatic carbocycles. The highest BCUT2D eigenvalue weighted by Crippen LogP contribution is 2.13. The summed E-state index contributed by atoms with van der Waals surface area (Å²) in [5.74, 6) is 1.08. The van der Waals surface area contributed by atoms with Crippen molar-refractivity contribution in [3.05, 3.63) is 0 Å². The summed E-state index contributed by atoms with van der Waals surface area (Å²) < 4.78 is 5.01. The van der Waals surface area contributed by atoms with Crippen LogP contribution in [0.3, 0.4) is 0 Å². The van der Waals surface area contributed by atoms with Crippen molar-refractivity contribution in [3.63, 3.8) is 0 Å². The number of rotatable bonds is 7. The van der Waals surface area contributed by atoms with Crippen LogP contribution in [0.2, 0.25) is 0 Å². The Bertz CT molecular complexity index is 373. The molecule has 18 heavy (non-hydrogen) atoms. The minimum atomic E-state index is 0.00655. The molecule has 1 aromatic heterocycles. The fourth-order valence-electron chi connectivity index (χ4n) is 1.34. The van der Waals surface area contributed by atoms with Gasteiger partial charge in [0.2, 0.25) is 17.8 Å². The van der Waals surface area contributed by atoms with Gasteiger partial charge in [-0.05, 0) is 0 Å². The van der Waals surface area contributed by atoms with E-state index in [4.69, 9.17) is 15.6 Å². The maximum Gasteiger partial charge on any atom is 0.232 e. The van der Waals surface area contributed by atoms with Gasteiger partial charge in [0.1, 0.15) is 0 Å². The normalized spacial score (nSPS) is 10.4. The molecule has 3 N–H and O–H groups in total. The largest absolute Gasteiger partial charge is 0.395 e. The van der Waals surface area contributed by atoms with Crippen LogP contribution in [0.5, 0.6) is 0 Å². The van der Waals surface area contributed by atoms with E-state index < -0.39 is 0 Å². The van der Waals surface area contributed by atoms with Crippen LogP contribution in [0.4, 0.5) is 17.8 Å². The number of aliphatic hydroxyl groups is 1. The van der Waals surface area contributed by atoms with Crippen molar-refractivity contribution in [1.29, 1.82) is 0 Å². The van der Waals surface area contributed by atoms with Gasteiger partial charge in [-0.15, -0.1) is 0 Å². The minimum Gasteiger partial charge on any atom is -0.395 e. The topological polar surface area (TPSA) is 101 Å². The molecule has 0 aromatic carbocycles. The van der Waals surface area contributed by atoms with Gasteiger partial charge < -0.3 is 25.4 Å². The number of aromatic nitrogens is 3. The number of nitrogens with two attached hydrogens (primary N) is 1. The Morgan fingerprint density at radius 2 is 1.83 bits per heavy atom. The highest BCUT2D eigenvalue weighted by molar-refractivity contribution is 5.42. The lowest BCUT2D eigenvalue weighted by Gasteiger charge is -2.22. The zero-order valence-electron chi connectivity index (χ0n) is 11.0. The predicted molar refractivity (Wildman–Crippen MR) is 69.7 cm³/mol. The van der Waals surface area contributed by atoms with Crippen LogP contribution in [0.25, 0.3) is 0 Å². The molecule has 0 radical (unpaired) electrons. The van der Waals surface area contributed by atoms with E-state index in [1.807, 2.05) is 14.1 Å². The fourth-order valence-corrected chi connectivity index (χ4v) is 1.34. The average Bonchev–Trinajstić information content (AvgIpc) is 2.33. The summed E-state index contributed by atoms with van der Waals surface area (Å²) in [6.07, 6.45) is 0. The third kappa shape index (κ3) is 3.97. The van der Waals surface area contributed by atoms with Gasteiger partial charge >= 0.3 is 0 Å². The SMILES string of the molecule is COCCN(CCO)c1nc(N)nc(N(C)C)n1. The first-order chi connectivity index (χ1) is 8.58. The van der Waals surface area contributed by atoms with Gasteiger partial charge in [0.25, 0.3) is 0 Å². The molecule has 0 spiro atoms. The summed E-state index contributed by atoms with van der Waals surface area (Å²) >= 11 is 0. The van der Waals surface area contributed by atoms with Crippen LogP contribution >= 0.6 is 0 Å². The fraction of sp³-hybridized carbons (Fsp3) is 0.700. The zero-order chi connectivity index (χ0) is 13.5. The van der Waals surface area contributed by atoms with Crippen molar-refractivity contribution in [3.8, 4) is 0 Å². The van der Waals surface area contributed by atoms with Crippen LogP contribution in [0.15, 0.2) is 0 Å². The van der Waals surface area contributed by atoms with Crippen LogP contribution in [0, 0.1) is 0 Å². The van der Waals surface area contributed by atoms with Crippen LogP contribution in [-0.2, 0) is 4.74 Å². The van der Waals surface area contributed by atoms with Crippen molar-refractivity contribution in [2.24, 2.45) is 0 Å². The summed E-state index contributed by atoms with van der Waals surface area (Å²) in [5.41, 5.74) is 5.65. The van der Waals surface area contributed by atoms with E-state index in [0.717, 1.165) is 0 Å². The second-order valence-electron chi connectivity index (χ2n) is 3.89. The summed E-state index contributed by atoms with van der Waals surface area (Å²) in [4.78, 5) is 15.9. The van der Waals surface area contributed by atoms with E-state index in [1.54, 1.807) is 16.9 Å². The van der Waals surface area contributed by atoms with E-state index >= 15 is 0 Å². The highest BCUT2D eigenvalue weighted by Gasteiger charge is 2.13. The number of hydrogen-bond donors (Lipinski definition) is 2. The Kier molecular flexibility index (Phi) is 5.53. The highest BCUT2D eigenvalue weighted by atomic mass is 16.5. The van der Waals surface area contributed by atoms with Crippen molar-refractivity contribution in [2.75, 3.05) is 63.0 Å². The molecule has 0 amide bonds. The molecule has 0 fully saturated rings. The Morgan fingerprint density at radius 3 is 2.39 bits per heavy atom. The standard InChI is InChI=1S/C10H20N6O2/c1-15(2)9-12-8(11)13-10(14-9)16(4-6-17)5-7-18-3/h17H,4-7H2,1-3H3,(H2,11,12,13,14). The van der Waals surface area contributed by atoms with E-state index in [0.29, 0.717) is 31.6 Å². The number of hydrogen-bond acceptors (Lipinski definition) is 8. The second kappa shape index (κ2) is 6.92. The van der Waals surface area contributed by atoms with Gasteiger partial charge in [-0.2, -0.15) is 15.0 Å². The van der Waals surface area contributed by atoms with Crippen LogP contribution in [0.1, 0.15) is 0 Å². The Morgan fingerprint density at radius 1 is 1.17 bits per heavy atom. The Hall–Kier alpha value is -1.67. The van der Waals surface area contributed by atoms with Gasteiger partial charge in [0.15, 0.2) is 0 Å². The Balaban J connectivity index is 2.95. The smallest absolute Gasteiger partial charge is 0.232 e. The molecule has 0 bridgehead atoms. The van der Waals surface area contributed by atoms with Gasteiger partial charge in [0, 0.05) is 34.3 Å². The Labute approximate surface area is 106 Å². The molecular weight excluding hydrogens is 236 g/mol. The van der Waals surface area contributed by atoms with Crippen molar-refractivity contribution >= 4 is 17.8 Å². The number of anilines is 3. The van der Waals surface area contributed by atoms with Crippen molar-refractivity contribution in [1.82, 2.24) is 15.0 Å². The minimum absolute atomic E-state index is 0.00655. The molecular formula is C10H20N6O2. The predicted octanol–water partition coefficient (Wildman–Crippen LogP) is -1.04. The maximum atomic E-state index is 9.05. The first-order valence-corrected chi connectivity index (χ1v) is 5.62. The van der Waals surface area contributed by atoms with Crippen molar-refractivity contribution in [2.45, 2.75) is 0 Å². The van der Waals surface area contributed by atoms with Gasteiger partial charge in [-0.25, -0.2) is 0 Å². The molecule has 102 valence electrons. The number of ether oxygens (including phenoxy) is 1. The van der Waals surface area contributed by atoms with Gasteiger partial charge in [-0.3, -0.25) is 0 Å². The third-order valence-electron chi connectivity index (χ3n) is 2.25. The van der Waals surface area contributed by atoms with Gasteiger partial charge in [0.05, 0.1) is 13.2 Å². The lowest BCUT2D eigenvalue weighted by Crippen LogP contribution is -2.32. The molecule has 8 heteroatoms. The number of methoxy groups -OCH3 is 1. The molecule has 1 rings (SSSR count). The lowest BCUT2D eigenvalue weighted by atomic mass is 10.5. The molecule has 8 nitrogen and oxygen atoms in total. The van der Waals surface area contributed by atoms with Crippen LogP contribution in [-0.4, -0.2) is 67.6 Å². The van der Waals surface area contributed by atoms with E-state index in [-0.39, 0.29) is 12.6 Å². The molecule has 0 atom stereocenters. The zero-order valence-corrected chi connectivity index (χ0v) is 11.0. The monoisotopic (exact) mass is 256 g/mol. The molecule has 1 aromatic rings. The molecule has 0 saturated heterocycles. The summed E-state index contributed by atoms with van der Waals surface area (Å²) in [7, 11) is 5.26.